The van der Waals surface area contributed by atoms with Gasteiger partial charge in [-0.3, -0.25) is 4.98 Å². The third-order valence-electron chi connectivity index (χ3n) is 6.57. The molecule has 168 valence electrons. The monoisotopic (exact) mass is 451 g/mol. The van der Waals surface area contributed by atoms with Crippen LogP contribution in [0, 0.1) is 18.7 Å². The van der Waals surface area contributed by atoms with Crippen molar-refractivity contribution in [2.24, 2.45) is 5.92 Å². The van der Waals surface area contributed by atoms with Crippen molar-refractivity contribution in [1.82, 2.24) is 19.9 Å². The highest BCUT2D eigenvalue weighted by atomic mass is 31.1. The largest absolute Gasteiger partial charge is 0.365 e. The van der Waals surface area contributed by atoms with Crippen LogP contribution in [-0.4, -0.2) is 51.8 Å². The number of aryl methyl sites for hydroxylation is 2. The van der Waals surface area contributed by atoms with Crippen LogP contribution in [0.2, 0.25) is 0 Å². The van der Waals surface area contributed by atoms with E-state index in [1.165, 1.54) is 50.2 Å². The lowest BCUT2D eigenvalue weighted by Gasteiger charge is -2.32. The van der Waals surface area contributed by atoms with Gasteiger partial charge < -0.3 is 10.2 Å². The van der Waals surface area contributed by atoms with Crippen LogP contribution in [-0.2, 0) is 13.0 Å². The Bertz CT molecular complexity index is 1110. The molecule has 0 amide bonds. The van der Waals surface area contributed by atoms with E-state index < -0.39 is 0 Å². The molecule has 2 fully saturated rings. The molecule has 1 saturated heterocycles. The van der Waals surface area contributed by atoms with Gasteiger partial charge in [-0.15, -0.1) is 0 Å². The highest BCUT2D eigenvalue weighted by molar-refractivity contribution is 7.65. The van der Waals surface area contributed by atoms with E-state index in [0.717, 1.165) is 28.2 Å². The molecule has 1 aliphatic carbocycles. The van der Waals surface area contributed by atoms with Crippen molar-refractivity contribution >= 4 is 30.1 Å². The predicted molar refractivity (Wildman–Crippen MR) is 131 cm³/mol. The van der Waals surface area contributed by atoms with E-state index in [1.807, 2.05) is 38.2 Å². The Morgan fingerprint density at radius 2 is 1.94 bits per heavy atom. The number of pyridine rings is 1. The number of hydrogen-bond acceptors (Lipinski definition) is 5. The minimum Gasteiger partial charge on any atom is -0.365 e. The van der Waals surface area contributed by atoms with Crippen molar-refractivity contribution in [3.05, 3.63) is 53.2 Å². The minimum absolute atomic E-state index is 0.124. The van der Waals surface area contributed by atoms with Crippen molar-refractivity contribution < 1.29 is 4.39 Å². The Kier molecular flexibility index (Phi) is 6.34. The molecule has 5 nitrogen and oxygen atoms in total. The van der Waals surface area contributed by atoms with Crippen molar-refractivity contribution in [1.29, 1.82) is 0 Å². The fourth-order valence-electron chi connectivity index (χ4n) is 4.49. The van der Waals surface area contributed by atoms with Gasteiger partial charge in [-0.05, 0) is 56.1 Å². The third-order valence-corrected chi connectivity index (χ3v) is 8.95. The summed E-state index contributed by atoms with van der Waals surface area (Å²) in [5, 5.41) is 4.36. The lowest BCUT2D eigenvalue weighted by Crippen LogP contribution is -2.37. The Labute approximate surface area is 190 Å². The summed E-state index contributed by atoms with van der Waals surface area (Å²) < 4.78 is 14.7. The summed E-state index contributed by atoms with van der Waals surface area (Å²) in [7, 11) is -0.252. The van der Waals surface area contributed by atoms with E-state index in [4.69, 9.17) is 4.98 Å². The van der Waals surface area contributed by atoms with Crippen molar-refractivity contribution in [3.63, 3.8) is 0 Å². The molecule has 1 aromatic carbocycles. The van der Waals surface area contributed by atoms with Crippen LogP contribution >= 0.6 is 7.92 Å². The minimum atomic E-state index is -0.252. The van der Waals surface area contributed by atoms with E-state index in [-0.39, 0.29) is 13.7 Å². The number of nitrogens with one attached hydrogen (secondary N) is 1. The molecule has 5 rings (SSSR count). The van der Waals surface area contributed by atoms with Gasteiger partial charge in [0.15, 0.2) is 0 Å². The summed E-state index contributed by atoms with van der Waals surface area (Å²) in [6.07, 6.45) is 7.84. The van der Waals surface area contributed by atoms with Gasteiger partial charge in [-0.1, -0.05) is 33.0 Å². The molecule has 0 spiro atoms. The molecular weight excluding hydrogens is 420 g/mol. The molecule has 1 N–H and O–H groups in total. The van der Waals surface area contributed by atoms with Crippen LogP contribution in [0.25, 0.3) is 10.9 Å². The fourth-order valence-corrected chi connectivity index (χ4v) is 6.75. The summed E-state index contributed by atoms with van der Waals surface area (Å²) >= 11 is 0. The Morgan fingerprint density at radius 3 is 2.69 bits per heavy atom. The second-order valence-electron chi connectivity index (χ2n) is 9.01. The zero-order valence-electron chi connectivity index (χ0n) is 18.9. The Morgan fingerprint density at radius 1 is 1.16 bits per heavy atom. The zero-order chi connectivity index (χ0) is 22.1. The average Bonchev–Trinajstić information content (AvgIpc) is 3.62. The molecule has 3 aromatic rings. The van der Waals surface area contributed by atoms with Crippen LogP contribution in [0.5, 0.6) is 0 Å². The standard InChI is InChI=1S/C25H31FN5P/c1-3-19-5-4-6-20(24(19)26)14-28-25-21-13-23(27-15-22(21)29-17(2)30-25)32-11-9-31(10-12-32)16-18-7-8-18/h4-6,13,15,18H,3,7-12,14,16H2,1-2H3,(H,28,29,30). The maximum Gasteiger partial charge on any atom is 0.138 e. The lowest BCUT2D eigenvalue weighted by atomic mass is 10.1. The number of hydrogen-bond donors (Lipinski definition) is 1. The molecule has 7 heteroatoms. The van der Waals surface area contributed by atoms with Crippen LogP contribution < -0.4 is 10.8 Å². The first-order valence-electron chi connectivity index (χ1n) is 11.7. The Hall–Kier alpha value is -2.17. The first-order chi connectivity index (χ1) is 15.6. The fraction of sp³-hybridized carbons (Fsp3) is 0.480. The first-order valence-corrected chi connectivity index (χ1v) is 13.4. The molecule has 1 aliphatic heterocycles. The maximum absolute atomic E-state index is 14.7. The molecule has 0 bridgehead atoms. The van der Waals surface area contributed by atoms with Crippen molar-refractivity contribution in [2.75, 3.05) is 37.3 Å². The van der Waals surface area contributed by atoms with E-state index in [0.29, 0.717) is 24.4 Å². The number of fused-ring (bicyclic) bond motifs is 1. The van der Waals surface area contributed by atoms with Gasteiger partial charge in [-0.25, -0.2) is 14.4 Å². The molecule has 1 saturated carbocycles. The third kappa shape index (κ3) is 4.77. The number of nitrogens with zero attached hydrogens (tertiary/aromatic N) is 4. The highest BCUT2D eigenvalue weighted by Crippen LogP contribution is 2.38. The van der Waals surface area contributed by atoms with Gasteiger partial charge in [0.2, 0.25) is 0 Å². The van der Waals surface area contributed by atoms with E-state index in [1.54, 1.807) is 0 Å². The molecule has 0 unspecified atom stereocenters. The van der Waals surface area contributed by atoms with E-state index >= 15 is 0 Å². The van der Waals surface area contributed by atoms with Crippen molar-refractivity contribution in [3.8, 4) is 0 Å². The molecular formula is C25H31FN5P. The summed E-state index contributed by atoms with van der Waals surface area (Å²) in [4.78, 5) is 16.7. The van der Waals surface area contributed by atoms with E-state index in [2.05, 4.69) is 26.3 Å². The summed E-state index contributed by atoms with van der Waals surface area (Å²) in [5.41, 5.74) is 3.44. The van der Waals surface area contributed by atoms with Crippen LogP contribution in [0.4, 0.5) is 10.2 Å². The normalized spacial score (nSPS) is 17.7. The van der Waals surface area contributed by atoms with Crippen LogP contribution in [0.1, 0.15) is 36.7 Å². The number of aromatic nitrogens is 3. The SMILES string of the molecule is CCc1cccc(CNc2nc(C)nc3cnc(P4CCN(CC5CC5)CC4)cc23)c1F. The second-order valence-corrected chi connectivity index (χ2v) is 11.4. The van der Waals surface area contributed by atoms with Gasteiger partial charge in [0, 0.05) is 37.1 Å². The first kappa shape index (κ1) is 21.7. The number of anilines is 1. The summed E-state index contributed by atoms with van der Waals surface area (Å²) in [6.45, 7) is 7.91. The predicted octanol–water partition coefficient (Wildman–Crippen LogP) is 4.48. The molecule has 0 radical (unpaired) electrons. The van der Waals surface area contributed by atoms with Crippen LogP contribution in [0.15, 0.2) is 30.5 Å². The van der Waals surface area contributed by atoms with Crippen LogP contribution in [0.3, 0.4) is 0 Å². The zero-order valence-corrected chi connectivity index (χ0v) is 19.8. The van der Waals surface area contributed by atoms with Gasteiger partial charge in [-0.2, -0.15) is 0 Å². The van der Waals surface area contributed by atoms with Gasteiger partial charge in [0.1, 0.15) is 17.5 Å². The van der Waals surface area contributed by atoms with E-state index in [9.17, 15) is 4.39 Å². The molecule has 3 heterocycles. The second kappa shape index (κ2) is 9.36. The molecule has 2 aromatic heterocycles. The van der Waals surface area contributed by atoms with Gasteiger partial charge in [0.05, 0.1) is 17.1 Å². The molecule has 2 aliphatic rings. The molecule has 32 heavy (non-hydrogen) atoms. The number of halogens is 1. The smallest absolute Gasteiger partial charge is 0.138 e. The van der Waals surface area contributed by atoms with Gasteiger partial charge in [0.25, 0.3) is 0 Å². The molecule has 0 atom stereocenters. The maximum atomic E-state index is 14.7. The topological polar surface area (TPSA) is 53.9 Å². The van der Waals surface area contributed by atoms with Gasteiger partial charge >= 0.3 is 0 Å². The highest BCUT2D eigenvalue weighted by Gasteiger charge is 2.28. The quantitative estimate of drug-likeness (QED) is 0.537. The summed E-state index contributed by atoms with van der Waals surface area (Å²) in [6, 6.07) is 7.78. The summed E-state index contributed by atoms with van der Waals surface area (Å²) in [5.74, 6) is 2.28. The number of rotatable bonds is 7. The van der Waals surface area contributed by atoms with Crippen molar-refractivity contribution in [2.45, 2.75) is 39.7 Å². The average molecular weight is 452 g/mol. The lowest BCUT2D eigenvalue weighted by molar-refractivity contribution is 0.288. The Balaban J connectivity index is 1.36. The number of benzene rings is 1.